The lowest BCUT2D eigenvalue weighted by atomic mass is 10.0. The van der Waals surface area contributed by atoms with Gasteiger partial charge in [-0.3, -0.25) is 9.69 Å². The SMILES string of the molecule is CC1CN(C2CCCC2C(=O)O)CC1C. The topological polar surface area (TPSA) is 40.5 Å². The van der Waals surface area contributed by atoms with Crippen molar-refractivity contribution in [1.82, 2.24) is 4.90 Å². The molecule has 15 heavy (non-hydrogen) atoms. The molecule has 1 aliphatic heterocycles. The number of hydrogen-bond acceptors (Lipinski definition) is 2. The maximum absolute atomic E-state index is 11.1. The van der Waals surface area contributed by atoms with Crippen LogP contribution in [0, 0.1) is 17.8 Å². The summed E-state index contributed by atoms with van der Waals surface area (Å²) in [6, 6.07) is 0.315. The zero-order chi connectivity index (χ0) is 11.0. The van der Waals surface area contributed by atoms with Crippen LogP contribution in [0.2, 0.25) is 0 Å². The molecule has 0 aromatic carbocycles. The average molecular weight is 211 g/mol. The molecule has 0 aromatic rings. The molecule has 86 valence electrons. The summed E-state index contributed by atoms with van der Waals surface area (Å²) in [7, 11) is 0. The molecular formula is C12H21NO2. The summed E-state index contributed by atoms with van der Waals surface area (Å²) in [5, 5.41) is 9.15. The fraction of sp³-hybridized carbons (Fsp3) is 0.917. The number of aliphatic carboxylic acids is 1. The number of carbonyl (C=O) groups is 1. The predicted octanol–water partition coefficient (Wildman–Crippen LogP) is 1.83. The Morgan fingerprint density at radius 2 is 1.80 bits per heavy atom. The molecule has 0 aromatic heterocycles. The van der Waals surface area contributed by atoms with Gasteiger partial charge in [0.1, 0.15) is 0 Å². The second-order valence-corrected chi connectivity index (χ2v) is 5.35. The van der Waals surface area contributed by atoms with Gasteiger partial charge < -0.3 is 5.11 Å². The van der Waals surface area contributed by atoms with E-state index in [2.05, 4.69) is 18.7 Å². The van der Waals surface area contributed by atoms with E-state index in [1.807, 2.05) is 0 Å². The molecule has 1 aliphatic carbocycles. The van der Waals surface area contributed by atoms with E-state index in [9.17, 15) is 4.79 Å². The van der Waals surface area contributed by atoms with Gasteiger partial charge in [-0.1, -0.05) is 20.3 Å². The van der Waals surface area contributed by atoms with Crippen molar-refractivity contribution >= 4 is 5.97 Å². The van der Waals surface area contributed by atoms with Crippen LogP contribution in [0.5, 0.6) is 0 Å². The second kappa shape index (κ2) is 4.12. The summed E-state index contributed by atoms with van der Waals surface area (Å²) in [6.45, 7) is 6.73. The van der Waals surface area contributed by atoms with Gasteiger partial charge in [-0.05, 0) is 24.7 Å². The zero-order valence-corrected chi connectivity index (χ0v) is 9.65. The van der Waals surface area contributed by atoms with Crippen LogP contribution in [0.4, 0.5) is 0 Å². The van der Waals surface area contributed by atoms with Crippen molar-refractivity contribution in [3.05, 3.63) is 0 Å². The van der Waals surface area contributed by atoms with Crippen molar-refractivity contribution in [3.8, 4) is 0 Å². The fourth-order valence-corrected chi connectivity index (χ4v) is 3.11. The van der Waals surface area contributed by atoms with Crippen LogP contribution in [0.1, 0.15) is 33.1 Å². The smallest absolute Gasteiger partial charge is 0.308 e. The Bertz CT molecular complexity index is 244. The molecule has 4 unspecified atom stereocenters. The first-order valence-corrected chi connectivity index (χ1v) is 6.06. The number of carboxylic acid groups (broad SMARTS) is 1. The number of likely N-dealkylation sites (tertiary alicyclic amines) is 1. The Morgan fingerprint density at radius 3 is 2.33 bits per heavy atom. The summed E-state index contributed by atoms with van der Waals surface area (Å²) in [5.74, 6) is 0.743. The normalized spacial score (nSPS) is 42.3. The minimum absolute atomic E-state index is 0.109. The van der Waals surface area contributed by atoms with Crippen LogP contribution >= 0.6 is 0 Å². The maximum Gasteiger partial charge on any atom is 0.308 e. The van der Waals surface area contributed by atoms with Crippen molar-refractivity contribution in [2.45, 2.75) is 39.2 Å². The van der Waals surface area contributed by atoms with E-state index in [4.69, 9.17) is 5.11 Å². The Hall–Kier alpha value is -0.570. The standard InChI is InChI=1S/C12H21NO2/c1-8-6-13(7-9(8)2)11-5-3-4-10(11)12(14)15/h8-11H,3-7H2,1-2H3,(H,14,15). The lowest BCUT2D eigenvalue weighted by molar-refractivity contribution is -0.143. The van der Waals surface area contributed by atoms with Crippen LogP contribution in [0.3, 0.4) is 0 Å². The molecule has 0 radical (unpaired) electrons. The highest BCUT2D eigenvalue weighted by Gasteiger charge is 2.40. The van der Waals surface area contributed by atoms with Gasteiger partial charge in [-0.2, -0.15) is 0 Å². The van der Waals surface area contributed by atoms with Gasteiger partial charge >= 0.3 is 5.97 Å². The third kappa shape index (κ3) is 2.03. The van der Waals surface area contributed by atoms with Crippen molar-refractivity contribution < 1.29 is 9.90 Å². The molecule has 0 bridgehead atoms. The van der Waals surface area contributed by atoms with Gasteiger partial charge in [0.15, 0.2) is 0 Å². The Kier molecular flexibility index (Phi) is 3.01. The molecule has 2 rings (SSSR count). The average Bonchev–Trinajstić information content (AvgIpc) is 2.73. The van der Waals surface area contributed by atoms with E-state index in [1.54, 1.807) is 0 Å². The van der Waals surface area contributed by atoms with E-state index in [0.717, 1.165) is 44.2 Å². The summed E-state index contributed by atoms with van der Waals surface area (Å²) in [4.78, 5) is 13.5. The van der Waals surface area contributed by atoms with Crippen LogP contribution in [0.25, 0.3) is 0 Å². The van der Waals surface area contributed by atoms with E-state index >= 15 is 0 Å². The predicted molar refractivity (Wildman–Crippen MR) is 58.7 cm³/mol. The Labute approximate surface area is 91.5 Å². The molecular weight excluding hydrogens is 190 g/mol. The number of nitrogens with zero attached hydrogens (tertiary/aromatic N) is 1. The van der Waals surface area contributed by atoms with Gasteiger partial charge in [-0.15, -0.1) is 0 Å². The molecule has 2 fully saturated rings. The Morgan fingerprint density at radius 1 is 1.20 bits per heavy atom. The molecule has 1 saturated heterocycles. The molecule has 1 heterocycles. The molecule has 3 heteroatoms. The first-order chi connectivity index (χ1) is 7.09. The monoisotopic (exact) mass is 211 g/mol. The van der Waals surface area contributed by atoms with Gasteiger partial charge in [0.2, 0.25) is 0 Å². The minimum atomic E-state index is -0.593. The summed E-state index contributed by atoms with van der Waals surface area (Å²) in [5.41, 5.74) is 0. The highest BCUT2D eigenvalue weighted by atomic mass is 16.4. The van der Waals surface area contributed by atoms with E-state index < -0.39 is 5.97 Å². The third-order valence-electron chi connectivity index (χ3n) is 4.28. The van der Waals surface area contributed by atoms with Gasteiger partial charge in [-0.25, -0.2) is 0 Å². The van der Waals surface area contributed by atoms with Crippen molar-refractivity contribution in [2.24, 2.45) is 17.8 Å². The van der Waals surface area contributed by atoms with Gasteiger partial charge in [0.25, 0.3) is 0 Å². The van der Waals surface area contributed by atoms with Crippen molar-refractivity contribution in [2.75, 3.05) is 13.1 Å². The lowest BCUT2D eigenvalue weighted by Crippen LogP contribution is -2.39. The Balaban J connectivity index is 2.01. The van der Waals surface area contributed by atoms with Crippen LogP contribution in [-0.2, 0) is 4.79 Å². The molecule has 2 aliphatic rings. The number of carboxylic acids is 1. The lowest BCUT2D eigenvalue weighted by Gasteiger charge is -2.27. The first-order valence-electron chi connectivity index (χ1n) is 6.06. The first kappa shape index (κ1) is 10.9. The van der Waals surface area contributed by atoms with Crippen molar-refractivity contribution in [3.63, 3.8) is 0 Å². The minimum Gasteiger partial charge on any atom is -0.481 e. The van der Waals surface area contributed by atoms with Crippen LogP contribution < -0.4 is 0 Å². The number of hydrogen-bond donors (Lipinski definition) is 1. The molecule has 1 saturated carbocycles. The van der Waals surface area contributed by atoms with E-state index in [1.165, 1.54) is 0 Å². The van der Waals surface area contributed by atoms with E-state index in [-0.39, 0.29) is 5.92 Å². The molecule has 4 atom stereocenters. The zero-order valence-electron chi connectivity index (χ0n) is 9.65. The second-order valence-electron chi connectivity index (χ2n) is 5.35. The van der Waals surface area contributed by atoms with E-state index in [0.29, 0.717) is 6.04 Å². The fourth-order valence-electron chi connectivity index (χ4n) is 3.11. The third-order valence-corrected chi connectivity index (χ3v) is 4.28. The molecule has 0 amide bonds. The number of rotatable bonds is 2. The maximum atomic E-state index is 11.1. The molecule has 0 spiro atoms. The summed E-state index contributed by atoms with van der Waals surface area (Å²) >= 11 is 0. The molecule has 1 N–H and O–H groups in total. The van der Waals surface area contributed by atoms with Crippen LogP contribution in [-0.4, -0.2) is 35.1 Å². The van der Waals surface area contributed by atoms with Crippen molar-refractivity contribution in [1.29, 1.82) is 0 Å². The van der Waals surface area contributed by atoms with Gasteiger partial charge in [0.05, 0.1) is 5.92 Å². The molecule has 3 nitrogen and oxygen atoms in total. The van der Waals surface area contributed by atoms with Crippen LogP contribution in [0.15, 0.2) is 0 Å². The highest BCUT2D eigenvalue weighted by molar-refractivity contribution is 5.71. The quantitative estimate of drug-likeness (QED) is 0.757. The summed E-state index contributed by atoms with van der Waals surface area (Å²) < 4.78 is 0. The highest BCUT2D eigenvalue weighted by Crippen LogP contribution is 2.34. The van der Waals surface area contributed by atoms with Gasteiger partial charge in [0, 0.05) is 19.1 Å². The largest absolute Gasteiger partial charge is 0.481 e. The summed E-state index contributed by atoms with van der Waals surface area (Å²) in [6.07, 6.45) is 3.04.